The fourth-order valence-electron chi connectivity index (χ4n) is 10.8. The van der Waals surface area contributed by atoms with Crippen LogP contribution in [0.1, 0.15) is 27.8 Å². The Hall–Kier alpha value is -7.70. The predicted octanol–water partition coefficient (Wildman–Crippen LogP) is 13.0. The number of para-hydroxylation sites is 5. The molecule has 0 fully saturated rings. The van der Waals surface area contributed by atoms with Gasteiger partial charge in [0.15, 0.2) is 0 Å². The van der Waals surface area contributed by atoms with E-state index in [9.17, 15) is 0 Å². The number of aryl methyl sites for hydroxylation is 4. The van der Waals surface area contributed by atoms with Crippen LogP contribution < -0.4 is 26.0 Å². The van der Waals surface area contributed by atoms with Gasteiger partial charge in [-0.2, -0.15) is 0 Å². The quantitative estimate of drug-likeness (QED) is 0.163. The summed E-state index contributed by atoms with van der Waals surface area (Å²) >= 11 is 0. The number of nitrogens with one attached hydrogen (secondary N) is 1. The van der Waals surface area contributed by atoms with Gasteiger partial charge in [-0.25, -0.2) is 0 Å². The third-order valence-electron chi connectivity index (χ3n) is 13.2. The highest BCUT2D eigenvalue weighted by atomic mass is 15.2. The summed E-state index contributed by atoms with van der Waals surface area (Å²) < 4.78 is 5.22. The Labute approximate surface area is 368 Å². The van der Waals surface area contributed by atoms with Crippen molar-refractivity contribution < 1.29 is 0 Å². The number of hydrogen-bond acceptors (Lipinski definition) is 3. The lowest BCUT2D eigenvalue weighted by molar-refractivity contribution is 1.04. The second kappa shape index (κ2) is 14.5. The first-order chi connectivity index (χ1) is 30.9. The number of benzene rings is 8. The average molecular weight is 812 g/mol. The third kappa shape index (κ3) is 5.78. The van der Waals surface area contributed by atoms with Crippen molar-refractivity contribution in [2.75, 3.05) is 21.7 Å². The molecule has 0 spiro atoms. The maximum absolute atomic E-state index is 4.03. The second-order valence-corrected chi connectivity index (χ2v) is 17.3. The molecule has 0 amide bonds. The van der Waals surface area contributed by atoms with Gasteiger partial charge in [0, 0.05) is 72.6 Å². The van der Waals surface area contributed by atoms with Gasteiger partial charge < -0.3 is 19.6 Å². The molecule has 0 saturated heterocycles. The monoisotopic (exact) mass is 811 g/mol. The molecule has 4 heterocycles. The molecule has 5 nitrogen and oxygen atoms in total. The lowest BCUT2D eigenvalue weighted by Gasteiger charge is -2.32. The average Bonchev–Trinajstić information content (AvgIpc) is 3.81. The summed E-state index contributed by atoms with van der Waals surface area (Å²) in [7, 11) is 0. The van der Waals surface area contributed by atoms with E-state index in [0.29, 0.717) is 6.54 Å². The van der Waals surface area contributed by atoms with Crippen molar-refractivity contribution in [3.05, 3.63) is 216 Å². The summed E-state index contributed by atoms with van der Waals surface area (Å²) in [5.74, 6) is 1.12. The van der Waals surface area contributed by atoms with Gasteiger partial charge in [-0.1, -0.05) is 114 Å². The van der Waals surface area contributed by atoms with E-state index in [-0.39, 0.29) is 6.85 Å². The number of rotatable bonds is 7. The third-order valence-corrected chi connectivity index (χ3v) is 13.2. The Bertz CT molecular complexity index is 3300. The Morgan fingerprint density at radius 1 is 0.460 bits per heavy atom. The zero-order valence-corrected chi connectivity index (χ0v) is 36.0. The number of hydrogen-bond donors (Lipinski definition) is 1. The Kier molecular flexibility index (Phi) is 8.51. The van der Waals surface area contributed by atoms with Crippen molar-refractivity contribution in [1.29, 1.82) is 0 Å². The zero-order valence-electron chi connectivity index (χ0n) is 36.0. The Morgan fingerprint density at radius 3 is 1.49 bits per heavy atom. The molecule has 302 valence electrons. The van der Waals surface area contributed by atoms with E-state index >= 15 is 0 Å². The molecule has 8 aromatic carbocycles. The SMILES string of the molecule is Cc1cc(C)c2c(c1)c1cc(C)cc(C)c1n2B1c2ccccc2-n2c3c(c4cc(N(c5ccccc5)c5ccccc5)cc1c42)C=C(N(c1ccccc1)c1ccccc1)CN3. The first-order valence-corrected chi connectivity index (χ1v) is 22.0. The van der Waals surface area contributed by atoms with Gasteiger partial charge in [-0.3, -0.25) is 4.57 Å². The summed E-state index contributed by atoms with van der Waals surface area (Å²) in [6, 6.07) is 66.7. The van der Waals surface area contributed by atoms with Crippen LogP contribution in [0.4, 0.5) is 34.3 Å². The van der Waals surface area contributed by atoms with Crippen LogP contribution in [0.3, 0.4) is 0 Å². The van der Waals surface area contributed by atoms with Crippen LogP contribution in [-0.2, 0) is 0 Å². The van der Waals surface area contributed by atoms with Gasteiger partial charge in [0.1, 0.15) is 5.82 Å². The van der Waals surface area contributed by atoms with E-state index in [4.69, 9.17) is 0 Å². The molecule has 0 bridgehead atoms. The highest BCUT2D eigenvalue weighted by Crippen LogP contribution is 2.45. The Balaban J connectivity index is 1.22. The fraction of sp³-hybridized carbons (Fsp3) is 0.0877. The maximum atomic E-state index is 4.03. The number of nitrogens with zero attached hydrogens (tertiary/aromatic N) is 4. The summed E-state index contributed by atoms with van der Waals surface area (Å²) in [5.41, 5.74) is 20.6. The molecule has 0 unspecified atom stereocenters. The number of anilines is 6. The number of aromatic nitrogens is 2. The molecule has 12 rings (SSSR count). The Morgan fingerprint density at radius 2 is 0.952 bits per heavy atom. The first kappa shape index (κ1) is 37.1. The van der Waals surface area contributed by atoms with Gasteiger partial charge in [0.2, 0.25) is 0 Å². The van der Waals surface area contributed by atoms with Crippen LogP contribution in [0.5, 0.6) is 0 Å². The van der Waals surface area contributed by atoms with Crippen LogP contribution in [0.2, 0.25) is 0 Å². The van der Waals surface area contributed by atoms with Crippen molar-refractivity contribution >= 4 is 90.8 Å². The summed E-state index contributed by atoms with van der Waals surface area (Å²) in [6.45, 7) is 9.58. The van der Waals surface area contributed by atoms with Crippen LogP contribution in [0.15, 0.2) is 188 Å². The molecule has 2 aromatic heterocycles. The molecule has 1 N–H and O–H groups in total. The van der Waals surface area contributed by atoms with E-state index in [2.05, 4.69) is 240 Å². The molecule has 10 aromatic rings. The fourth-order valence-corrected chi connectivity index (χ4v) is 10.8. The van der Waals surface area contributed by atoms with Gasteiger partial charge in [-0.15, -0.1) is 0 Å². The minimum Gasteiger partial charge on any atom is -0.375 e. The molecule has 0 aliphatic carbocycles. The van der Waals surface area contributed by atoms with Crippen LogP contribution in [0, 0.1) is 27.7 Å². The second-order valence-electron chi connectivity index (χ2n) is 17.3. The van der Waals surface area contributed by atoms with Gasteiger partial charge in [-0.05, 0) is 135 Å². The molecule has 63 heavy (non-hydrogen) atoms. The van der Waals surface area contributed by atoms with Crippen molar-refractivity contribution in [3.63, 3.8) is 0 Å². The molecule has 0 radical (unpaired) electrons. The summed E-state index contributed by atoms with van der Waals surface area (Å²) in [6.07, 6.45) is 2.44. The highest BCUT2D eigenvalue weighted by molar-refractivity contribution is 6.88. The van der Waals surface area contributed by atoms with E-state index < -0.39 is 0 Å². The van der Waals surface area contributed by atoms with Crippen LogP contribution >= 0.6 is 0 Å². The van der Waals surface area contributed by atoms with E-state index in [1.165, 1.54) is 82.8 Å². The van der Waals surface area contributed by atoms with Crippen molar-refractivity contribution in [1.82, 2.24) is 9.05 Å². The smallest absolute Gasteiger partial charge is 0.332 e. The topological polar surface area (TPSA) is 28.4 Å². The van der Waals surface area contributed by atoms with Crippen LogP contribution in [0.25, 0.3) is 44.5 Å². The van der Waals surface area contributed by atoms with Crippen molar-refractivity contribution in [2.24, 2.45) is 0 Å². The largest absolute Gasteiger partial charge is 0.375 e. The van der Waals surface area contributed by atoms with Crippen molar-refractivity contribution in [3.8, 4) is 5.69 Å². The van der Waals surface area contributed by atoms with Gasteiger partial charge in [0.05, 0.1) is 12.1 Å². The normalized spacial score (nSPS) is 12.9. The highest BCUT2D eigenvalue weighted by Gasteiger charge is 2.39. The summed E-state index contributed by atoms with van der Waals surface area (Å²) in [5, 5.41) is 7.86. The van der Waals surface area contributed by atoms with Crippen molar-refractivity contribution in [2.45, 2.75) is 27.7 Å². The first-order valence-electron chi connectivity index (χ1n) is 22.0. The minimum atomic E-state index is -0.128. The van der Waals surface area contributed by atoms with E-state index in [1.54, 1.807) is 0 Å². The lowest BCUT2D eigenvalue weighted by atomic mass is 9.48. The molecule has 2 aliphatic heterocycles. The predicted molar refractivity (Wildman–Crippen MR) is 268 cm³/mol. The molecular formula is C57H46BN5. The molecule has 6 heteroatoms. The lowest BCUT2D eigenvalue weighted by Crippen LogP contribution is -2.53. The number of fused-ring (bicyclic) bond motifs is 8. The van der Waals surface area contributed by atoms with E-state index in [0.717, 1.165) is 34.3 Å². The minimum absolute atomic E-state index is 0.128. The standard InChI is InChI=1S/C57H46BN5/c1-37-29-39(3)54-47(31-37)48-32-38(2)30-40(4)55(48)63(54)58-51-27-17-18-28-53(51)62-56-49(33-45(35-52(56)58)60(41-19-9-5-10-20-41)42-21-11-6-12-22-42)50-34-46(36-59-57(50)62)61(43-23-13-7-14-24-43)44-25-15-8-16-26-44/h5-35,59H,36H2,1-4H3. The summed E-state index contributed by atoms with van der Waals surface area (Å²) in [4.78, 5) is 4.82. The van der Waals surface area contributed by atoms with E-state index in [1.807, 2.05) is 0 Å². The van der Waals surface area contributed by atoms with Gasteiger partial charge >= 0.3 is 6.85 Å². The molecule has 0 atom stereocenters. The maximum Gasteiger partial charge on any atom is 0.332 e. The molecule has 0 saturated carbocycles. The van der Waals surface area contributed by atoms with Gasteiger partial charge in [0.25, 0.3) is 0 Å². The molecular weight excluding hydrogens is 765 g/mol. The van der Waals surface area contributed by atoms with Crippen LogP contribution in [-0.4, -0.2) is 22.4 Å². The zero-order chi connectivity index (χ0) is 42.3. The molecule has 2 aliphatic rings.